The molecule has 1 aliphatic rings. The highest BCUT2D eigenvalue weighted by Crippen LogP contribution is 2.36. The molecule has 0 atom stereocenters. The van der Waals surface area contributed by atoms with E-state index in [0.717, 1.165) is 43.3 Å². The predicted octanol–water partition coefficient (Wildman–Crippen LogP) is 3.11. The van der Waals surface area contributed by atoms with Gasteiger partial charge in [0.25, 0.3) is 0 Å². The van der Waals surface area contributed by atoms with Gasteiger partial charge >= 0.3 is 0 Å². The van der Waals surface area contributed by atoms with Gasteiger partial charge in [-0.25, -0.2) is 15.0 Å². The van der Waals surface area contributed by atoms with E-state index < -0.39 is 0 Å². The molecule has 0 radical (unpaired) electrons. The minimum Gasteiger partial charge on any atom is -0.341 e. The second kappa shape index (κ2) is 5.13. The van der Waals surface area contributed by atoms with Crippen LogP contribution in [0.1, 0.15) is 36.2 Å². The zero-order valence-corrected chi connectivity index (χ0v) is 13.1. The molecular weight excluding hydrogens is 268 g/mol. The van der Waals surface area contributed by atoms with Crippen LogP contribution in [0.25, 0.3) is 0 Å². The van der Waals surface area contributed by atoms with Gasteiger partial charge in [0, 0.05) is 41.5 Å². The standard InChI is InChI=1S/C15H20N4S/c1-11-10-12(2)18-14(17-11)19-7-4-15(3,5-8-19)13-16-6-9-20-13/h6,9-10H,4-5,7-8H2,1-3H3. The normalized spacial score (nSPS) is 18.2. The Kier molecular flexibility index (Phi) is 3.46. The third kappa shape index (κ3) is 2.54. The number of nitrogens with zero attached hydrogens (tertiary/aromatic N) is 4. The van der Waals surface area contributed by atoms with E-state index in [4.69, 9.17) is 0 Å². The fraction of sp³-hybridized carbons (Fsp3) is 0.533. The minimum absolute atomic E-state index is 0.212. The maximum absolute atomic E-state index is 4.57. The van der Waals surface area contributed by atoms with Crippen molar-refractivity contribution in [3.05, 3.63) is 34.0 Å². The third-order valence-electron chi connectivity index (χ3n) is 4.07. The summed E-state index contributed by atoms with van der Waals surface area (Å²) in [6.07, 6.45) is 4.12. The van der Waals surface area contributed by atoms with Crippen LogP contribution in [0.15, 0.2) is 17.6 Å². The summed E-state index contributed by atoms with van der Waals surface area (Å²) in [5, 5.41) is 3.33. The molecule has 0 aromatic carbocycles. The maximum atomic E-state index is 4.57. The number of aromatic nitrogens is 3. The fourth-order valence-electron chi connectivity index (χ4n) is 2.78. The molecule has 3 rings (SSSR count). The van der Waals surface area contributed by atoms with Crippen LogP contribution in [0.5, 0.6) is 0 Å². The van der Waals surface area contributed by atoms with E-state index in [-0.39, 0.29) is 5.41 Å². The predicted molar refractivity (Wildman–Crippen MR) is 82.4 cm³/mol. The Morgan fingerprint density at radius 3 is 2.35 bits per heavy atom. The van der Waals surface area contributed by atoms with Gasteiger partial charge < -0.3 is 4.90 Å². The van der Waals surface area contributed by atoms with Gasteiger partial charge in [-0.15, -0.1) is 11.3 Å². The number of anilines is 1. The van der Waals surface area contributed by atoms with Crippen LogP contribution in [0.4, 0.5) is 5.95 Å². The molecule has 20 heavy (non-hydrogen) atoms. The summed E-state index contributed by atoms with van der Waals surface area (Å²) >= 11 is 1.77. The molecule has 3 heterocycles. The van der Waals surface area contributed by atoms with Crippen LogP contribution in [0, 0.1) is 13.8 Å². The van der Waals surface area contributed by atoms with Gasteiger partial charge in [-0.2, -0.15) is 0 Å². The summed E-state index contributed by atoms with van der Waals surface area (Å²) in [7, 11) is 0. The van der Waals surface area contributed by atoms with Crippen molar-refractivity contribution in [3.8, 4) is 0 Å². The van der Waals surface area contributed by atoms with Gasteiger partial charge in [-0.3, -0.25) is 0 Å². The Labute approximate surface area is 123 Å². The van der Waals surface area contributed by atoms with Crippen LogP contribution in [-0.4, -0.2) is 28.0 Å². The molecule has 0 unspecified atom stereocenters. The quantitative estimate of drug-likeness (QED) is 0.851. The Bertz CT molecular complexity index is 566. The maximum Gasteiger partial charge on any atom is 0.225 e. The highest BCUT2D eigenvalue weighted by atomic mass is 32.1. The zero-order chi connectivity index (χ0) is 14.2. The Hall–Kier alpha value is -1.49. The first-order valence-corrected chi connectivity index (χ1v) is 7.92. The lowest BCUT2D eigenvalue weighted by Crippen LogP contribution is -2.41. The summed E-state index contributed by atoms with van der Waals surface area (Å²) < 4.78 is 0. The topological polar surface area (TPSA) is 41.9 Å². The first-order valence-electron chi connectivity index (χ1n) is 7.04. The molecule has 0 N–H and O–H groups in total. The van der Waals surface area contributed by atoms with Crippen LogP contribution in [0.3, 0.4) is 0 Å². The van der Waals surface area contributed by atoms with Crippen molar-refractivity contribution in [2.45, 2.75) is 39.0 Å². The number of hydrogen-bond donors (Lipinski definition) is 0. The molecule has 1 fully saturated rings. The molecule has 0 spiro atoms. The summed E-state index contributed by atoms with van der Waals surface area (Å²) in [6.45, 7) is 8.38. The van der Waals surface area contributed by atoms with Gasteiger partial charge in [0.15, 0.2) is 0 Å². The van der Waals surface area contributed by atoms with E-state index in [1.54, 1.807) is 11.3 Å². The van der Waals surface area contributed by atoms with Crippen molar-refractivity contribution in [1.29, 1.82) is 0 Å². The van der Waals surface area contributed by atoms with E-state index in [2.05, 4.69) is 32.2 Å². The van der Waals surface area contributed by atoms with Crippen LogP contribution in [0.2, 0.25) is 0 Å². The second-order valence-electron chi connectivity index (χ2n) is 5.84. The molecular formula is C15H20N4S. The molecule has 2 aromatic rings. The summed E-state index contributed by atoms with van der Waals surface area (Å²) in [5.74, 6) is 0.878. The van der Waals surface area contributed by atoms with E-state index in [9.17, 15) is 0 Å². The minimum atomic E-state index is 0.212. The molecule has 1 aliphatic heterocycles. The van der Waals surface area contributed by atoms with Gasteiger partial charge in [-0.05, 0) is 32.8 Å². The molecule has 106 valence electrons. The second-order valence-corrected chi connectivity index (χ2v) is 6.73. The number of piperidine rings is 1. The van der Waals surface area contributed by atoms with Gasteiger partial charge in [0.2, 0.25) is 5.95 Å². The van der Waals surface area contributed by atoms with Crippen molar-refractivity contribution >= 4 is 17.3 Å². The van der Waals surface area contributed by atoms with Crippen molar-refractivity contribution in [2.75, 3.05) is 18.0 Å². The van der Waals surface area contributed by atoms with Crippen molar-refractivity contribution in [3.63, 3.8) is 0 Å². The number of aryl methyl sites for hydroxylation is 2. The first-order chi connectivity index (χ1) is 9.57. The average molecular weight is 288 g/mol. The highest BCUT2D eigenvalue weighted by Gasteiger charge is 2.34. The van der Waals surface area contributed by atoms with E-state index in [1.165, 1.54) is 5.01 Å². The number of thiazole rings is 1. The summed E-state index contributed by atoms with van der Waals surface area (Å²) in [6, 6.07) is 2.02. The fourth-order valence-corrected chi connectivity index (χ4v) is 3.65. The highest BCUT2D eigenvalue weighted by molar-refractivity contribution is 7.09. The van der Waals surface area contributed by atoms with Crippen molar-refractivity contribution < 1.29 is 0 Å². The monoisotopic (exact) mass is 288 g/mol. The van der Waals surface area contributed by atoms with E-state index >= 15 is 0 Å². The SMILES string of the molecule is Cc1cc(C)nc(N2CCC(C)(c3nccs3)CC2)n1. The molecule has 0 aliphatic carbocycles. The number of hydrogen-bond acceptors (Lipinski definition) is 5. The first kappa shape index (κ1) is 13.5. The van der Waals surface area contributed by atoms with E-state index in [0.29, 0.717) is 0 Å². The Morgan fingerprint density at radius 2 is 1.80 bits per heavy atom. The third-order valence-corrected chi connectivity index (χ3v) is 5.15. The van der Waals surface area contributed by atoms with Gasteiger partial charge in [-0.1, -0.05) is 6.92 Å². The lowest BCUT2D eigenvalue weighted by atomic mass is 9.81. The van der Waals surface area contributed by atoms with E-state index in [1.807, 2.05) is 26.1 Å². The van der Waals surface area contributed by atoms with Crippen LogP contribution >= 0.6 is 11.3 Å². The molecule has 0 bridgehead atoms. The van der Waals surface area contributed by atoms with Gasteiger partial charge in [0.05, 0.1) is 5.01 Å². The largest absolute Gasteiger partial charge is 0.341 e. The molecule has 0 amide bonds. The van der Waals surface area contributed by atoms with Crippen LogP contribution < -0.4 is 4.90 Å². The zero-order valence-electron chi connectivity index (χ0n) is 12.3. The molecule has 2 aromatic heterocycles. The smallest absolute Gasteiger partial charge is 0.225 e. The molecule has 1 saturated heterocycles. The summed E-state index contributed by atoms with van der Waals surface area (Å²) in [4.78, 5) is 15.9. The van der Waals surface area contributed by atoms with Crippen molar-refractivity contribution in [1.82, 2.24) is 15.0 Å². The Morgan fingerprint density at radius 1 is 1.15 bits per heavy atom. The summed E-state index contributed by atoms with van der Waals surface area (Å²) in [5.41, 5.74) is 2.30. The Balaban J connectivity index is 1.75. The average Bonchev–Trinajstić information content (AvgIpc) is 2.93. The lowest BCUT2D eigenvalue weighted by molar-refractivity contribution is 0.358. The molecule has 5 heteroatoms. The lowest BCUT2D eigenvalue weighted by Gasteiger charge is -2.38. The molecule has 4 nitrogen and oxygen atoms in total. The van der Waals surface area contributed by atoms with Crippen LogP contribution in [-0.2, 0) is 5.41 Å². The van der Waals surface area contributed by atoms with Crippen molar-refractivity contribution in [2.24, 2.45) is 0 Å². The van der Waals surface area contributed by atoms with Gasteiger partial charge in [0.1, 0.15) is 0 Å². The molecule has 0 saturated carbocycles. The number of rotatable bonds is 2.